The Balaban J connectivity index is 2.45. The van der Waals surface area contributed by atoms with Gasteiger partial charge in [-0.15, -0.1) is 0 Å². The van der Waals surface area contributed by atoms with E-state index in [2.05, 4.69) is 45.0 Å². The lowest BCUT2D eigenvalue weighted by molar-refractivity contribution is -0.0802. The second-order valence-electron chi connectivity index (χ2n) is 7.85. The maximum absolute atomic E-state index is 12.5. The highest BCUT2D eigenvalue weighted by atomic mass is 28.4. The fraction of sp³-hybridized carbons (Fsp3) is 0.364. The monoisotopic (exact) mass is 392 g/mol. The maximum atomic E-state index is 12.5. The quantitative estimate of drug-likeness (QED) is 0.478. The van der Waals surface area contributed by atoms with Gasteiger partial charge in [0.15, 0.2) is 0 Å². The van der Waals surface area contributed by atoms with Gasteiger partial charge in [0.05, 0.1) is 0 Å². The molecule has 1 nitrogen and oxygen atoms in total. The van der Waals surface area contributed by atoms with Gasteiger partial charge in [-0.3, -0.25) is 0 Å². The van der Waals surface area contributed by atoms with E-state index in [4.69, 9.17) is 4.43 Å². The van der Waals surface area contributed by atoms with E-state index in [0.29, 0.717) is 6.08 Å². The Labute approximate surface area is 161 Å². The molecule has 0 aliphatic heterocycles. The minimum atomic E-state index is -4.30. The van der Waals surface area contributed by atoms with Crippen molar-refractivity contribution in [2.75, 3.05) is 6.61 Å². The van der Waals surface area contributed by atoms with Gasteiger partial charge in [0.1, 0.15) is 0 Å². The first-order valence-electron chi connectivity index (χ1n) is 9.07. The number of hydrogen-bond donors (Lipinski definition) is 0. The van der Waals surface area contributed by atoms with Crippen molar-refractivity contribution in [3.63, 3.8) is 0 Å². The van der Waals surface area contributed by atoms with Crippen molar-refractivity contribution in [2.24, 2.45) is 5.92 Å². The van der Waals surface area contributed by atoms with E-state index in [1.807, 2.05) is 36.4 Å². The molecule has 0 fully saturated rings. The van der Waals surface area contributed by atoms with Crippen LogP contribution in [0.3, 0.4) is 0 Å². The van der Waals surface area contributed by atoms with Crippen LogP contribution in [-0.4, -0.2) is 21.1 Å². The van der Waals surface area contributed by atoms with Gasteiger partial charge in [0.2, 0.25) is 0 Å². The first-order chi connectivity index (χ1) is 12.6. The Morgan fingerprint density at radius 3 is 1.70 bits per heavy atom. The zero-order valence-electron chi connectivity index (χ0n) is 16.3. The first-order valence-corrected chi connectivity index (χ1v) is 11.0. The van der Waals surface area contributed by atoms with E-state index in [1.54, 1.807) is 6.92 Å². The van der Waals surface area contributed by atoms with Crippen LogP contribution >= 0.6 is 0 Å². The van der Waals surface area contributed by atoms with E-state index in [9.17, 15) is 13.2 Å². The fourth-order valence-electron chi connectivity index (χ4n) is 3.35. The van der Waals surface area contributed by atoms with Crippen LogP contribution in [0.4, 0.5) is 13.2 Å². The minimum absolute atomic E-state index is 0.191. The summed E-state index contributed by atoms with van der Waals surface area (Å²) in [6.45, 7) is 8.43. The van der Waals surface area contributed by atoms with Crippen molar-refractivity contribution in [3.05, 3.63) is 72.8 Å². The van der Waals surface area contributed by atoms with E-state index in [-0.39, 0.29) is 17.6 Å². The number of alkyl halides is 3. The summed E-state index contributed by atoms with van der Waals surface area (Å²) in [5.74, 6) is -0.340. The predicted octanol–water partition coefficient (Wildman–Crippen LogP) is 5.32. The van der Waals surface area contributed by atoms with Crippen LogP contribution in [0.1, 0.15) is 27.7 Å². The van der Waals surface area contributed by atoms with E-state index in [1.165, 1.54) is 6.08 Å². The van der Waals surface area contributed by atoms with E-state index in [0.717, 1.165) is 10.4 Å². The molecule has 2 aromatic carbocycles. The SMILES string of the molecule is C[C@H](/C=C\C(F)(F)F)CO[Si](c1ccccc1)(c1ccccc1)C(C)(C)C. The molecule has 0 bridgehead atoms. The van der Waals surface area contributed by atoms with Gasteiger partial charge in [-0.05, 0) is 21.3 Å². The maximum Gasteiger partial charge on any atom is 0.409 e. The lowest BCUT2D eigenvalue weighted by Crippen LogP contribution is -2.66. The van der Waals surface area contributed by atoms with Gasteiger partial charge in [-0.1, -0.05) is 94.4 Å². The van der Waals surface area contributed by atoms with Gasteiger partial charge in [-0.25, -0.2) is 0 Å². The average molecular weight is 393 g/mol. The fourth-order valence-corrected chi connectivity index (χ4v) is 8.02. The Morgan fingerprint density at radius 1 is 0.889 bits per heavy atom. The average Bonchev–Trinajstić information content (AvgIpc) is 2.60. The third-order valence-electron chi connectivity index (χ3n) is 4.59. The van der Waals surface area contributed by atoms with Crippen LogP contribution in [0, 0.1) is 5.92 Å². The second-order valence-corrected chi connectivity index (χ2v) is 12.2. The molecule has 2 aromatic rings. The number of hydrogen-bond acceptors (Lipinski definition) is 1. The molecule has 0 unspecified atom stereocenters. The predicted molar refractivity (Wildman–Crippen MR) is 108 cm³/mol. The molecular formula is C22H27F3OSi. The van der Waals surface area contributed by atoms with Crippen LogP contribution < -0.4 is 10.4 Å². The van der Waals surface area contributed by atoms with Crippen molar-refractivity contribution >= 4 is 18.7 Å². The molecule has 0 radical (unpaired) electrons. The number of halogens is 3. The van der Waals surface area contributed by atoms with Crippen LogP contribution in [0.2, 0.25) is 5.04 Å². The zero-order valence-corrected chi connectivity index (χ0v) is 17.3. The molecule has 0 N–H and O–H groups in total. The molecule has 0 amide bonds. The third-order valence-corrected chi connectivity index (χ3v) is 9.60. The molecule has 5 heteroatoms. The van der Waals surface area contributed by atoms with Crippen molar-refractivity contribution in [1.29, 1.82) is 0 Å². The van der Waals surface area contributed by atoms with Crippen molar-refractivity contribution < 1.29 is 17.6 Å². The van der Waals surface area contributed by atoms with Crippen LogP contribution in [0.5, 0.6) is 0 Å². The Bertz CT molecular complexity index is 694. The Kier molecular flexibility index (Phi) is 6.71. The molecular weight excluding hydrogens is 365 g/mol. The van der Waals surface area contributed by atoms with Gasteiger partial charge in [0.25, 0.3) is 8.32 Å². The Morgan fingerprint density at radius 2 is 1.33 bits per heavy atom. The lowest BCUT2D eigenvalue weighted by atomic mass is 10.2. The summed E-state index contributed by atoms with van der Waals surface area (Å²) in [6, 6.07) is 20.2. The molecule has 0 spiro atoms. The van der Waals surface area contributed by atoms with Gasteiger partial charge in [0, 0.05) is 12.7 Å². The summed E-state index contributed by atoms with van der Waals surface area (Å²) in [5, 5.41) is 2.05. The minimum Gasteiger partial charge on any atom is -0.407 e. The van der Waals surface area contributed by atoms with E-state index >= 15 is 0 Å². The molecule has 27 heavy (non-hydrogen) atoms. The summed E-state index contributed by atoms with van der Waals surface area (Å²) in [4.78, 5) is 0. The normalized spacial score (nSPS) is 14.5. The third kappa shape index (κ3) is 5.33. The number of benzene rings is 2. The largest absolute Gasteiger partial charge is 0.409 e. The zero-order chi connectivity index (χ0) is 20.1. The number of rotatable bonds is 6. The number of allylic oxidation sites excluding steroid dienone is 1. The van der Waals surface area contributed by atoms with Crippen LogP contribution in [0.25, 0.3) is 0 Å². The van der Waals surface area contributed by atoms with Gasteiger partial charge < -0.3 is 4.43 Å². The molecule has 0 saturated heterocycles. The van der Waals surface area contributed by atoms with Crippen LogP contribution in [0.15, 0.2) is 72.8 Å². The van der Waals surface area contributed by atoms with Crippen molar-refractivity contribution in [1.82, 2.24) is 0 Å². The summed E-state index contributed by atoms with van der Waals surface area (Å²) in [7, 11) is -2.70. The standard InChI is InChI=1S/C22H27F3OSi/c1-18(15-16-22(23,24)25)17-26-27(21(2,3)4,19-11-7-5-8-12-19)20-13-9-6-10-14-20/h5-16,18H,17H2,1-4H3/b16-15-/t18-/m1/s1. The first kappa shape index (κ1) is 21.4. The smallest absolute Gasteiger partial charge is 0.407 e. The van der Waals surface area contributed by atoms with Crippen LogP contribution in [-0.2, 0) is 4.43 Å². The molecule has 146 valence electrons. The highest BCUT2D eigenvalue weighted by molar-refractivity contribution is 6.99. The molecule has 0 aliphatic rings. The molecule has 0 aliphatic carbocycles. The Hall–Kier alpha value is -1.85. The summed E-state index contributed by atoms with van der Waals surface area (Å²) in [6.07, 6.45) is -2.82. The topological polar surface area (TPSA) is 9.23 Å². The molecule has 1 atom stereocenters. The van der Waals surface area contributed by atoms with E-state index < -0.39 is 14.5 Å². The molecule has 0 aromatic heterocycles. The second kappa shape index (κ2) is 8.44. The lowest BCUT2D eigenvalue weighted by Gasteiger charge is -2.43. The highest BCUT2D eigenvalue weighted by Gasteiger charge is 2.50. The summed E-state index contributed by atoms with van der Waals surface area (Å²) >= 11 is 0. The highest BCUT2D eigenvalue weighted by Crippen LogP contribution is 2.37. The van der Waals surface area contributed by atoms with Gasteiger partial charge in [-0.2, -0.15) is 13.2 Å². The van der Waals surface area contributed by atoms with Crippen molar-refractivity contribution in [3.8, 4) is 0 Å². The molecule has 0 heterocycles. The van der Waals surface area contributed by atoms with Gasteiger partial charge >= 0.3 is 6.18 Å². The summed E-state index contributed by atoms with van der Waals surface area (Å²) < 4.78 is 44.1. The summed E-state index contributed by atoms with van der Waals surface area (Å²) in [5.41, 5.74) is 0. The molecule has 2 rings (SSSR count). The van der Waals surface area contributed by atoms with Crippen molar-refractivity contribution in [2.45, 2.75) is 38.9 Å². The molecule has 0 saturated carbocycles.